The van der Waals surface area contributed by atoms with E-state index >= 15 is 0 Å². The number of aliphatic hydroxyl groups excluding tert-OH is 1. The van der Waals surface area contributed by atoms with Crippen LogP contribution in [0.2, 0.25) is 0 Å². The van der Waals surface area contributed by atoms with Gasteiger partial charge in [0.1, 0.15) is 0 Å². The second-order valence-corrected chi connectivity index (χ2v) is 6.01. The van der Waals surface area contributed by atoms with Crippen molar-refractivity contribution in [2.45, 2.75) is 66.4 Å². The van der Waals surface area contributed by atoms with E-state index in [-0.39, 0.29) is 6.10 Å². The molecule has 0 amide bonds. The molecule has 1 nitrogen and oxygen atoms in total. The summed E-state index contributed by atoms with van der Waals surface area (Å²) in [5.74, 6) is 0.615. The average Bonchev–Trinajstić information content (AvgIpc) is 2.30. The Kier molecular flexibility index (Phi) is 3.99. The first-order valence-electron chi connectivity index (χ1n) is 6.20. The largest absolute Gasteiger partial charge is 0.393 e. The van der Waals surface area contributed by atoms with E-state index in [0.29, 0.717) is 11.3 Å². The molecule has 1 aliphatic carbocycles. The van der Waals surface area contributed by atoms with Gasteiger partial charge in [0.15, 0.2) is 0 Å². The molecule has 0 radical (unpaired) electrons. The predicted molar refractivity (Wildman–Crippen MR) is 65.8 cm³/mol. The Morgan fingerprint density at radius 2 is 1.93 bits per heavy atom. The summed E-state index contributed by atoms with van der Waals surface area (Å²) in [4.78, 5) is 0. The van der Waals surface area contributed by atoms with Crippen molar-refractivity contribution in [3.63, 3.8) is 0 Å². The van der Waals surface area contributed by atoms with Crippen LogP contribution in [0.25, 0.3) is 0 Å². The van der Waals surface area contributed by atoms with Gasteiger partial charge in [0.2, 0.25) is 0 Å². The topological polar surface area (TPSA) is 20.2 Å². The Morgan fingerprint density at radius 3 is 2.33 bits per heavy atom. The molecule has 0 saturated heterocycles. The Labute approximate surface area is 94.6 Å². The molecular formula is C14H26O. The van der Waals surface area contributed by atoms with Crippen LogP contribution in [-0.2, 0) is 0 Å². The minimum Gasteiger partial charge on any atom is -0.393 e. The summed E-state index contributed by atoms with van der Waals surface area (Å²) in [7, 11) is 0. The molecule has 2 unspecified atom stereocenters. The summed E-state index contributed by atoms with van der Waals surface area (Å²) in [6, 6.07) is 0. The molecule has 0 aromatic carbocycles. The number of rotatable bonds is 4. The van der Waals surface area contributed by atoms with E-state index < -0.39 is 0 Å². The summed E-state index contributed by atoms with van der Waals surface area (Å²) < 4.78 is 0. The predicted octanol–water partition coefficient (Wildman–Crippen LogP) is 3.92. The van der Waals surface area contributed by atoms with Crippen LogP contribution < -0.4 is 0 Å². The van der Waals surface area contributed by atoms with E-state index in [1.165, 1.54) is 19.3 Å². The summed E-state index contributed by atoms with van der Waals surface area (Å²) >= 11 is 0. The molecule has 1 aliphatic rings. The highest BCUT2D eigenvalue weighted by molar-refractivity contribution is 5.25. The van der Waals surface area contributed by atoms with E-state index in [2.05, 4.69) is 27.7 Å². The maximum absolute atomic E-state index is 9.35. The van der Waals surface area contributed by atoms with Gasteiger partial charge in [-0.3, -0.25) is 0 Å². The first-order chi connectivity index (χ1) is 6.83. The monoisotopic (exact) mass is 210 g/mol. The van der Waals surface area contributed by atoms with Crippen molar-refractivity contribution in [1.29, 1.82) is 0 Å². The lowest BCUT2D eigenvalue weighted by Crippen LogP contribution is -2.09. The van der Waals surface area contributed by atoms with Gasteiger partial charge in [0.05, 0.1) is 6.10 Å². The van der Waals surface area contributed by atoms with Gasteiger partial charge in [-0.25, -0.2) is 0 Å². The van der Waals surface area contributed by atoms with Crippen molar-refractivity contribution < 1.29 is 5.11 Å². The van der Waals surface area contributed by atoms with E-state index in [0.717, 1.165) is 6.42 Å². The molecule has 0 spiro atoms. The van der Waals surface area contributed by atoms with Gasteiger partial charge in [0.25, 0.3) is 0 Å². The maximum atomic E-state index is 9.35. The number of allylic oxidation sites excluding steroid dienone is 2. The molecule has 1 heteroatoms. The van der Waals surface area contributed by atoms with Crippen LogP contribution >= 0.6 is 0 Å². The Hall–Kier alpha value is -0.300. The molecule has 2 atom stereocenters. The smallest absolute Gasteiger partial charge is 0.0514 e. The minimum atomic E-state index is -0.157. The molecule has 0 bridgehead atoms. The third-order valence-corrected chi connectivity index (χ3v) is 3.94. The highest BCUT2D eigenvalue weighted by Gasteiger charge is 2.29. The summed E-state index contributed by atoms with van der Waals surface area (Å²) in [6.45, 7) is 11.1. The lowest BCUT2D eigenvalue weighted by Gasteiger charge is -2.20. The maximum Gasteiger partial charge on any atom is 0.0514 e. The van der Waals surface area contributed by atoms with Crippen molar-refractivity contribution in [2.75, 3.05) is 0 Å². The van der Waals surface area contributed by atoms with Crippen molar-refractivity contribution in [2.24, 2.45) is 11.3 Å². The lowest BCUT2D eigenvalue weighted by atomic mass is 9.86. The minimum absolute atomic E-state index is 0.157. The van der Waals surface area contributed by atoms with Crippen LogP contribution in [0.5, 0.6) is 0 Å². The molecular weight excluding hydrogens is 184 g/mol. The Balaban J connectivity index is 2.56. The first kappa shape index (κ1) is 12.8. The van der Waals surface area contributed by atoms with Crippen LogP contribution in [0, 0.1) is 11.3 Å². The average molecular weight is 210 g/mol. The van der Waals surface area contributed by atoms with Gasteiger partial charge in [-0.15, -0.1) is 0 Å². The summed E-state index contributed by atoms with van der Waals surface area (Å²) in [6.07, 6.45) is 4.52. The second-order valence-electron chi connectivity index (χ2n) is 6.01. The van der Waals surface area contributed by atoms with Crippen molar-refractivity contribution in [3.8, 4) is 0 Å². The quantitative estimate of drug-likeness (QED) is 0.697. The van der Waals surface area contributed by atoms with E-state index in [9.17, 15) is 5.11 Å². The standard InChI is InChI=1S/C14H26O/c1-10(8-11(2)15)9-13-6-7-14(4,5)12(13)3/h10-11,15H,6-9H2,1-5H3. The normalized spacial score (nSPS) is 24.4. The molecule has 0 aromatic heterocycles. The van der Waals surface area contributed by atoms with Gasteiger partial charge in [0, 0.05) is 0 Å². The lowest BCUT2D eigenvalue weighted by molar-refractivity contribution is 0.164. The number of hydrogen-bond donors (Lipinski definition) is 1. The molecule has 1 N–H and O–H groups in total. The molecule has 0 heterocycles. The third-order valence-electron chi connectivity index (χ3n) is 3.94. The molecule has 88 valence electrons. The fraction of sp³-hybridized carbons (Fsp3) is 0.857. The fourth-order valence-electron chi connectivity index (χ4n) is 2.66. The zero-order valence-corrected chi connectivity index (χ0v) is 10.9. The van der Waals surface area contributed by atoms with Gasteiger partial charge in [-0.1, -0.05) is 31.9 Å². The first-order valence-corrected chi connectivity index (χ1v) is 6.20. The van der Waals surface area contributed by atoms with Gasteiger partial charge in [-0.05, 0) is 50.9 Å². The molecule has 15 heavy (non-hydrogen) atoms. The zero-order chi connectivity index (χ0) is 11.6. The second kappa shape index (κ2) is 4.69. The van der Waals surface area contributed by atoms with Gasteiger partial charge in [-0.2, -0.15) is 0 Å². The van der Waals surface area contributed by atoms with Crippen LogP contribution in [0.15, 0.2) is 11.1 Å². The summed E-state index contributed by atoms with van der Waals surface area (Å²) in [5.41, 5.74) is 3.66. The number of hydrogen-bond acceptors (Lipinski definition) is 1. The molecule has 0 aromatic rings. The number of aliphatic hydroxyl groups is 1. The van der Waals surface area contributed by atoms with E-state index in [1.54, 1.807) is 11.1 Å². The van der Waals surface area contributed by atoms with Crippen LogP contribution in [0.3, 0.4) is 0 Å². The van der Waals surface area contributed by atoms with Crippen LogP contribution in [0.1, 0.15) is 60.3 Å². The van der Waals surface area contributed by atoms with E-state index in [1.807, 2.05) is 6.92 Å². The van der Waals surface area contributed by atoms with Crippen molar-refractivity contribution >= 4 is 0 Å². The van der Waals surface area contributed by atoms with Crippen molar-refractivity contribution in [3.05, 3.63) is 11.1 Å². The molecule has 1 rings (SSSR count). The Bertz CT molecular complexity index is 248. The van der Waals surface area contributed by atoms with E-state index in [4.69, 9.17) is 0 Å². The van der Waals surface area contributed by atoms with Gasteiger partial charge >= 0.3 is 0 Å². The zero-order valence-electron chi connectivity index (χ0n) is 10.9. The van der Waals surface area contributed by atoms with Gasteiger partial charge < -0.3 is 5.11 Å². The molecule has 0 fully saturated rings. The van der Waals surface area contributed by atoms with Crippen LogP contribution in [-0.4, -0.2) is 11.2 Å². The highest BCUT2D eigenvalue weighted by Crippen LogP contribution is 2.44. The van der Waals surface area contributed by atoms with Crippen LogP contribution in [0.4, 0.5) is 0 Å². The fourth-order valence-corrected chi connectivity index (χ4v) is 2.66. The molecule has 0 aliphatic heterocycles. The Morgan fingerprint density at radius 1 is 1.33 bits per heavy atom. The summed E-state index contributed by atoms with van der Waals surface area (Å²) in [5, 5.41) is 9.35. The third kappa shape index (κ3) is 3.34. The SMILES string of the molecule is CC1=C(CC(C)CC(C)O)CCC1(C)C. The molecule has 0 saturated carbocycles. The highest BCUT2D eigenvalue weighted by atomic mass is 16.3. The van der Waals surface area contributed by atoms with Crippen molar-refractivity contribution in [1.82, 2.24) is 0 Å².